The Hall–Kier alpha value is -1.83. The third-order valence-corrected chi connectivity index (χ3v) is 1.42. The Morgan fingerprint density at radius 3 is 3.08 bits per heavy atom. The van der Waals surface area contributed by atoms with Crippen molar-refractivity contribution in [3.05, 3.63) is 22.7 Å². The van der Waals surface area contributed by atoms with Gasteiger partial charge in [0.2, 0.25) is 0 Å². The van der Waals surface area contributed by atoms with Gasteiger partial charge in [-0.2, -0.15) is 5.26 Å². The molecule has 0 aliphatic rings. The maximum Gasteiger partial charge on any atom is 0.349 e. The van der Waals surface area contributed by atoms with Crippen LogP contribution in [0.1, 0.15) is 6.42 Å². The lowest BCUT2D eigenvalue weighted by atomic mass is 10.4. The molecule has 0 saturated carbocycles. The van der Waals surface area contributed by atoms with Gasteiger partial charge < -0.3 is 5.73 Å². The average Bonchev–Trinajstić information content (AvgIpc) is 2.04. The quantitative estimate of drug-likeness (QED) is 0.652. The Bertz CT molecular complexity index is 362. The molecule has 1 aromatic heterocycles. The average molecular weight is 164 g/mol. The summed E-state index contributed by atoms with van der Waals surface area (Å²) in [5.74, 6) is 0.338. The lowest BCUT2D eigenvalue weighted by molar-refractivity contribution is 0.674. The number of anilines is 1. The summed E-state index contributed by atoms with van der Waals surface area (Å²) in [5.41, 5.74) is 5.06. The van der Waals surface area contributed by atoms with Gasteiger partial charge in [-0.25, -0.2) is 9.78 Å². The molecule has 12 heavy (non-hydrogen) atoms. The molecule has 1 aromatic rings. The molecule has 0 aromatic carbocycles. The molecule has 1 heterocycles. The number of nitrogens with two attached hydrogens (primary N) is 1. The molecule has 62 valence electrons. The van der Waals surface area contributed by atoms with E-state index in [2.05, 4.69) is 4.98 Å². The smallest absolute Gasteiger partial charge is 0.349 e. The highest BCUT2D eigenvalue weighted by Gasteiger charge is 1.98. The standard InChI is InChI=1S/C7H8N4O/c8-3-1-5-11-6(9)2-4-10-7(11)12/h2,4H,1,5,9H2. The maximum absolute atomic E-state index is 11.0. The number of aromatic nitrogens is 2. The van der Waals surface area contributed by atoms with Crippen LogP contribution in [-0.2, 0) is 6.54 Å². The lowest BCUT2D eigenvalue weighted by Gasteiger charge is -2.03. The summed E-state index contributed by atoms with van der Waals surface area (Å²) >= 11 is 0. The zero-order valence-electron chi connectivity index (χ0n) is 6.40. The van der Waals surface area contributed by atoms with Gasteiger partial charge in [0.25, 0.3) is 0 Å². The Labute approximate surface area is 69.1 Å². The maximum atomic E-state index is 11.0. The monoisotopic (exact) mass is 164 g/mol. The van der Waals surface area contributed by atoms with Crippen molar-refractivity contribution in [2.24, 2.45) is 0 Å². The van der Waals surface area contributed by atoms with Crippen LogP contribution in [-0.4, -0.2) is 9.55 Å². The van der Waals surface area contributed by atoms with E-state index >= 15 is 0 Å². The minimum atomic E-state index is -0.412. The van der Waals surface area contributed by atoms with E-state index in [1.807, 2.05) is 6.07 Å². The van der Waals surface area contributed by atoms with Gasteiger partial charge in [-0.3, -0.25) is 4.57 Å². The molecule has 5 nitrogen and oxygen atoms in total. The van der Waals surface area contributed by atoms with Gasteiger partial charge >= 0.3 is 5.69 Å². The largest absolute Gasteiger partial charge is 0.385 e. The minimum absolute atomic E-state index is 0.260. The Morgan fingerprint density at radius 2 is 2.50 bits per heavy atom. The summed E-state index contributed by atoms with van der Waals surface area (Å²) < 4.78 is 1.27. The summed E-state index contributed by atoms with van der Waals surface area (Å²) in [6, 6.07) is 3.45. The Kier molecular flexibility index (Phi) is 2.43. The first-order valence-electron chi connectivity index (χ1n) is 3.44. The van der Waals surface area contributed by atoms with Crippen molar-refractivity contribution < 1.29 is 0 Å². The molecule has 1 rings (SSSR count). The van der Waals surface area contributed by atoms with Crippen molar-refractivity contribution >= 4 is 5.82 Å². The van der Waals surface area contributed by atoms with E-state index in [0.29, 0.717) is 12.4 Å². The highest BCUT2D eigenvalue weighted by atomic mass is 16.1. The Balaban J connectivity index is 2.98. The predicted octanol–water partition coefficient (Wildman–Crippen LogP) is -0.261. The van der Waals surface area contributed by atoms with E-state index < -0.39 is 5.69 Å². The minimum Gasteiger partial charge on any atom is -0.385 e. The molecule has 0 aliphatic carbocycles. The molecular weight excluding hydrogens is 156 g/mol. The molecule has 2 N–H and O–H groups in total. The molecule has 0 aliphatic heterocycles. The van der Waals surface area contributed by atoms with Gasteiger partial charge in [-0.05, 0) is 6.07 Å². The first-order valence-corrected chi connectivity index (χ1v) is 3.44. The fourth-order valence-electron chi connectivity index (χ4n) is 0.834. The van der Waals surface area contributed by atoms with E-state index in [0.717, 1.165) is 0 Å². The number of hydrogen-bond donors (Lipinski definition) is 1. The zero-order valence-corrected chi connectivity index (χ0v) is 6.40. The van der Waals surface area contributed by atoms with Crippen molar-refractivity contribution in [2.45, 2.75) is 13.0 Å². The highest BCUT2D eigenvalue weighted by molar-refractivity contribution is 5.25. The van der Waals surface area contributed by atoms with Crippen molar-refractivity contribution in [1.82, 2.24) is 9.55 Å². The first kappa shape index (κ1) is 8.27. The van der Waals surface area contributed by atoms with Crippen molar-refractivity contribution in [1.29, 1.82) is 5.26 Å². The summed E-state index contributed by atoms with van der Waals surface area (Å²) in [5, 5.41) is 8.28. The molecule has 0 unspecified atom stereocenters. The topological polar surface area (TPSA) is 84.7 Å². The second-order valence-electron chi connectivity index (χ2n) is 2.21. The van der Waals surface area contributed by atoms with Gasteiger partial charge in [0.05, 0.1) is 12.5 Å². The van der Waals surface area contributed by atoms with Crippen LogP contribution in [0.15, 0.2) is 17.1 Å². The summed E-state index contributed by atoms with van der Waals surface area (Å²) in [6.45, 7) is 0.301. The molecule has 5 heteroatoms. The van der Waals surface area contributed by atoms with Crippen LogP contribution in [0, 0.1) is 11.3 Å². The number of hydrogen-bond acceptors (Lipinski definition) is 4. The molecule has 0 amide bonds. The van der Waals surface area contributed by atoms with Crippen LogP contribution in [0.5, 0.6) is 0 Å². The van der Waals surface area contributed by atoms with E-state index in [9.17, 15) is 4.79 Å². The van der Waals surface area contributed by atoms with Crippen molar-refractivity contribution in [3.63, 3.8) is 0 Å². The Morgan fingerprint density at radius 1 is 1.75 bits per heavy atom. The fraction of sp³-hybridized carbons (Fsp3) is 0.286. The molecule has 0 radical (unpaired) electrons. The van der Waals surface area contributed by atoms with E-state index in [-0.39, 0.29) is 6.42 Å². The van der Waals surface area contributed by atoms with Crippen molar-refractivity contribution in [2.75, 3.05) is 5.73 Å². The third kappa shape index (κ3) is 1.61. The van der Waals surface area contributed by atoms with Gasteiger partial charge in [0, 0.05) is 12.7 Å². The number of nitrogens with zero attached hydrogens (tertiary/aromatic N) is 3. The molecule has 0 bridgehead atoms. The van der Waals surface area contributed by atoms with Gasteiger partial charge in [0.1, 0.15) is 5.82 Å². The lowest BCUT2D eigenvalue weighted by Crippen LogP contribution is -2.24. The second-order valence-corrected chi connectivity index (χ2v) is 2.21. The van der Waals surface area contributed by atoms with Crippen LogP contribution < -0.4 is 11.4 Å². The van der Waals surface area contributed by atoms with Crippen LogP contribution in [0.4, 0.5) is 5.82 Å². The van der Waals surface area contributed by atoms with Crippen LogP contribution in [0.2, 0.25) is 0 Å². The van der Waals surface area contributed by atoms with Gasteiger partial charge in [-0.1, -0.05) is 0 Å². The van der Waals surface area contributed by atoms with Crippen LogP contribution in [0.3, 0.4) is 0 Å². The summed E-state index contributed by atoms with van der Waals surface area (Å²) in [6.07, 6.45) is 1.61. The molecule has 0 atom stereocenters. The highest BCUT2D eigenvalue weighted by Crippen LogP contribution is 1.95. The van der Waals surface area contributed by atoms with E-state index in [4.69, 9.17) is 11.0 Å². The molecular formula is C7H8N4O. The first-order chi connectivity index (χ1) is 5.75. The second kappa shape index (κ2) is 3.53. The molecule has 0 saturated heterocycles. The fourth-order valence-corrected chi connectivity index (χ4v) is 0.834. The predicted molar refractivity (Wildman–Crippen MR) is 43.1 cm³/mol. The summed E-state index contributed by atoms with van der Waals surface area (Å²) in [4.78, 5) is 14.5. The third-order valence-electron chi connectivity index (χ3n) is 1.42. The number of nitriles is 1. The van der Waals surface area contributed by atoms with Crippen molar-refractivity contribution in [3.8, 4) is 6.07 Å². The van der Waals surface area contributed by atoms with Crippen LogP contribution >= 0.6 is 0 Å². The molecule has 0 spiro atoms. The van der Waals surface area contributed by atoms with Gasteiger partial charge in [0.15, 0.2) is 0 Å². The number of nitrogen functional groups attached to an aromatic ring is 1. The SMILES string of the molecule is N#CCCn1c(N)ccnc1=O. The normalized spacial score (nSPS) is 9.25. The molecule has 0 fully saturated rings. The van der Waals surface area contributed by atoms with Gasteiger partial charge in [-0.15, -0.1) is 0 Å². The zero-order chi connectivity index (χ0) is 8.97. The van der Waals surface area contributed by atoms with E-state index in [1.165, 1.54) is 16.8 Å². The number of rotatable bonds is 2. The summed E-state index contributed by atoms with van der Waals surface area (Å²) in [7, 11) is 0. The van der Waals surface area contributed by atoms with Crippen LogP contribution in [0.25, 0.3) is 0 Å². The van der Waals surface area contributed by atoms with E-state index in [1.54, 1.807) is 0 Å².